The molecule has 4 nitrogen and oxygen atoms in total. The number of aromatic amines is 1. The van der Waals surface area contributed by atoms with Crippen LogP contribution in [-0.2, 0) is 0 Å². The van der Waals surface area contributed by atoms with Crippen molar-refractivity contribution in [1.82, 2.24) is 10.2 Å². The maximum absolute atomic E-state index is 11.2. The number of carbonyl (C=O) groups excluding carboxylic acids is 2. The number of hydrogen-bond donors (Lipinski definition) is 1. The average molecular weight is 214 g/mol. The number of benzene rings is 1. The first-order chi connectivity index (χ1) is 7.70. The summed E-state index contributed by atoms with van der Waals surface area (Å²) in [6, 6.07) is 8.79. The smallest absolute Gasteiger partial charge is 0.167 e. The average Bonchev–Trinajstić information content (AvgIpc) is 2.77. The third-order valence-corrected chi connectivity index (χ3v) is 2.29. The van der Waals surface area contributed by atoms with Gasteiger partial charge in [0.1, 0.15) is 0 Å². The van der Waals surface area contributed by atoms with Crippen LogP contribution in [-0.4, -0.2) is 22.3 Å². The van der Waals surface area contributed by atoms with E-state index in [9.17, 15) is 9.59 Å². The van der Waals surface area contributed by atoms with E-state index < -0.39 is 0 Å². The predicted molar refractivity (Wildman–Crippen MR) is 59.4 cm³/mol. The SMILES string of the molecule is CC(=O)c1cccc(-c2cc(C=O)[nH]n2)c1. The number of nitrogens with one attached hydrogen (secondary N) is 1. The Labute approximate surface area is 92.3 Å². The van der Waals surface area contributed by atoms with Gasteiger partial charge in [-0.3, -0.25) is 14.7 Å². The first-order valence-corrected chi connectivity index (χ1v) is 4.82. The van der Waals surface area contributed by atoms with E-state index in [2.05, 4.69) is 10.2 Å². The van der Waals surface area contributed by atoms with Crippen molar-refractivity contribution >= 4 is 12.1 Å². The van der Waals surface area contributed by atoms with Crippen molar-refractivity contribution in [1.29, 1.82) is 0 Å². The summed E-state index contributed by atoms with van der Waals surface area (Å²) in [5.74, 6) is 0.00740. The molecule has 0 radical (unpaired) electrons. The molecule has 0 unspecified atom stereocenters. The Morgan fingerprint density at radius 1 is 1.38 bits per heavy atom. The Hall–Kier alpha value is -2.23. The molecule has 80 valence electrons. The Bertz CT molecular complexity index is 543. The molecule has 0 fully saturated rings. The van der Waals surface area contributed by atoms with Gasteiger partial charge in [-0.05, 0) is 19.1 Å². The molecule has 4 heteroatoms. The van der Waals surface area contributed by atoms with Gasteiger partial charge in [0.25, 0.3) is 0 Å². The van der Waals surface area contributed by atoms with E-state index >= 15 is 0 Å². The zero-order chi connectivity index (χ0) is 11.5. The lowest BCUT2D eigenvalue weighted by atomic mass is 10.1. The molecule has 1 aromatic heterocycles. The first kappa shape index (κ1) is 10.3. The Morgan fingerprint density at radius 2 is 2.19 bits per heavy atom. The first-order valence-electron chi connectivity index (χ1n) is 4.82. The Kier molecular flexibility index (Phi) is 2.64. The van der Waals surface area contributed by atoms with Crippen LogP contribution in [0.25, 0.3) is 11.3 Å². The second kappa shape index (κ2) is 4.10. The summed E-state index contributed by atoms with van der Waals surface area (Å²) in [5.41, 5.74) is 2.53. The number of Topliss-reactive ketones (excluding diaryl/α,β-unsaturated/α-hetero) is 1. The van der Waals surface area contributed by atoms with Crippen molar-refractivity contribution in [2.45, 2.75) is 6.92 Å². The monoisotopic (exact) mass is 214 g/mol. The highest BCUT2D eigenvalue weighted by Gasteiger charge is 2.05. The van der Waals surface area contributed by atoms with Crippen molar-refractivity contribution in [2.75, 3.05) is 0 Å². The normalized spacial score (nSPS) is 10.1. The molecule has 0 saturated heterocycles. The van der Waals surface area contributed by atoms with Crippen molar-refractivity contribution in [3.05, 3.63) is 41.6 Å². The zero-order valence-corrected chi connectivity index (χ0v) is 8.73. The molecule has 0 amide bonds. The van der Waals surface area contributed by atoms with Crippen molar-refractivity contribution in [3.8, 4) is 11.3 Å². The lowest BCUT2D eigenvalue weighted by Crippen LogP contribution is -1.91. The fraction of sp³-hybridized carbons (Fsp3) is 0.0833. The summed E-state index contributed by atoms with van der Waals surface area (Å²) in [6.07, 6.45) is 0.700. The van der Waals surface area contributed by atoms with Gasteiger partial charge in [-0.25, -0.2) is 0 Å². The van der Waals surface area contributed by atoms with Gasteiger partial charge in [-0.1, -0.05) is 18.2 Å². The number of hydrogen-bond acceptors (Lipinski definition) is 3. The maximum Gasteiger partial charge on any atom is 0.167 e. The number of ketones is 1. The fourth-order valence-electron chi connectivity index (χ4n) is 1.44. The maximum atomic E-state index is 11.2. The highest BCUT2D eigenvalue weighted by atomic mass is 16.1. The minimum absolute atomic E-state index is 0.00740. The summed E-state index contributed by atoms with van der Waals surface area (Å²) >= 11 is 0. The number of H-pyrrole nitrogens is 1. The van der Waals surface area contributed by atoms with E-state index in [-0.39, 0.29) is 5.78 Å². The molecule has 1 heterocycles. The number of aromatic nitrogens is 2. The number of aldehydes is 1. The van der Waals surface area contributed by atoms with Crippen LogP contribution in [0.3, 0.4) is 0 Å². The molecule has 16 heavy (non-hydrogen) atoms. The fourth-order valence-corrected chi connectivity index (χ4v) is 1.44. The number of nitrogens with zero attached hydrogens (tertiary/aromatic N) is 1. The molecule has 1 N–H and O–H groups in total. The van der Waals surface area contributed by atoms with Crippen LogP contribution in [0.5, 0.6) is 0 Å². The van der Waals surface area contributed by atoms with E-state index in [1.807, 2.05) is 6.07 Å². The summed E-state index contributed by atoms with van der Waals surface area (Å²) in [4.78, 5) is 21.7. The van der Waals surface area contributed by atoms with E-state index in [1.54, 1.807) is 24.3 Å². The van der Waals surface area contributed by atoms with Gasteiger partial charge in [-0.2, -0.15) is 5.10 Å². The second-order valence-corrected chi connectivity index (χ2v) is 3.46. The van der Waals surface area contributed by atoms with Crippen LogP contribution in [0.15, 0.2) is 30.3 Å². The largest absolute Gasteiger partial charge is 0.296 e. The summed E-state index contributed by atoms with van der Waals surface area (Å²) < 4.78 is 0. The van der Waals surface area contributed by atoms with E-state index in [4.69, 9.17) is 0 Å². The molecule has 0 spiro atoms. The van der Waals surface area contributed by atoms with E-state index in [1.165, 1.54) is 6.92 Å². The topological polar surface area (TPSA) is 62.8 Å². The zero-order valence-electron chi connectivity index (χ0n) is 8.73. The van der Waals surface area contributed by atoms with Crippen LogP contribution in [0.4, 0.5) is 0 Å². The molecular formula is C12H10N2O2. The van der Waals surface area contributed by atoms with Gasteiger partial charge in [0, 0.05) is 11.1 Å². The summed E-state index contributed by atoms with van der Waals surface area (Å²) in [7, 11) is 0. The van der Waals surface area contributed by atoms with Crippen molar-refractivity contribution in [2.24, 2.45) is 0 Å². The lowest BCUT2D eigenvalue weighted by molar-refractivity contribution is 0.101. The molecule has 2 aromatic rings. The molecular weight excluding hydrogens is 204 g/mol. The molecule has 2 rings (SSSR count). The minimum atomic E-state index is 0.00740. The van der Waals surface area contributed by atoms with Gasteiger partial charge in [0.15, 0.2) is 12.1 Å². The van der Waals surface area contributed by atoms with Crippen LogP contribution in [0.2, 0.25) is 0 Å². The molecule has 0 aliphatic rings. The Balaban J connectivity index is 2.43. The molecule has 0 saturated carbocycles. The van der Waals surface area contributed by atoms with Crippen LogP contribution >= 0.6 is 0 Å². The lowest BCUT2D eigenvalue weighted by Gasteiger charge is -1.98. The third-order valence-electron chi connectivity index (χ3n) is 2.29. The van der Waals surface area contributed by atoms with Gasteiger partial charge in [-0.15, -0.1) is 0 Å². The van der Waals surface area contributed by atoms with Gasteiger partial charge >= 0.3 is 0 Å². The third kappa shape index (κ3) is 1.91. The number of rotatable bonds is 3. The van der Waals surface area contributed by atoms with Crippen LogP contribution in [0.1, 0.15) is 27.8 Å². The highest BCUT2D eigenvalue weighted by Crippen LogP contribution is 2.18. The second-order valence-electron chi connectivity index (χ2n) is 3.46. The molecule has 0 aliphatic heterocycles. The highest BCUT2D eigenvalue weighted by molar-refractivity contribution is 5.95. The number of carbonyl (C=O) groups is 2. The quantitative estimate of drug-likeness (QED) is 0.628. The summed E-state index contributed by atoms with van der Waals surface area (Å²) in [5, 5.41) is 6.59. The standard InChI is InChI=1S/C12H10N2O2/c1-8(16)9-3-2-4-10(5-9)12-6-11(7-15)13-14-12/h2-7H,1H3,(H,13,14). The summed E-state index contributed by atoms with van der Waals surface area (Å²) in [6.45, 7) is 1.51. The van der Waals surface area contributed by atoms with Gasteiger partial charge in [0.05, 0.1) is 11.4 Å². The molecule has 0 bridgehead atoms. The van der Waals surface area contributed by atoms with E-state index in [0.717, 1.165) is 5.56 Å². The Morgan fingerprint density at radius 3 is 2.81 bits per heavy atom. The predicted octanol–water partition coefficient (Wildman–Crippen LogP) is 2.09. The minimum Gasteiger partial charge on any atom is -0.296 e. The van der Waals surface area contributed by atoms with Crippen LogP contribution < -0.4 is 0 Å². The van der Waals surface area contributed by atoms with Gasteiger partial charge < -0.3 is 0 Å². The molecule has 0 aliphatic carbocycles. The van der Waals surface area contributed by atoms with Gasteiger partial charge in [0.2, 0.25) is 0 Å². The molecule has 1 aromatic carbocycles. The van der Waals surface area contributed by atoms with Crippen molar-refractivity contribution in [3.63, 3.8) is 0 Å². The van der Waals surface area contributed by atoms with E-state index in [0.29, 0.717) is 23.2 Å². The molecule has 0 atom stereocenters. The van der Waals surface area contributed by atoms with Crippen molar-refractivity contribution < 1.29 is 9.59 Å². The van der Waals surface area contributed by atoms with Crippen LogP contribution in [0, 0.1) is 0 Å².